The van der Waals surface area contributed by atoms with Gasteiger partial charge in [-0.1, -0.05) is 26.0 Å². The Labute approximate surface area is 107 Å². The number of rotatable bonds is 6. The number of methoxy groups -OCH3 is 1. The Kier molecular flexibility index (Phi) is 5.23. The van der Waals surface area contributed by atoms with Gasteiger partial charge in [0.1, 0.15) is 0 Å². The molecule has 0 saturated heterocycles. The average molecular weight is 257 g/mol. The summed E-state index contributed by atoms with van der Waals surface area (Å²) in [6.45, 7) is 6.44. The van der Waals surface area contributed by atoms with Crippen molar-refractivity contribution in [2.24, 2.45) is 0 Å². The van der Waals surface area contributed by atoms with Gasteiger partial charge in [0, 0.05) is 12.7 Å². The highest BCUT2D eigenvalue weighted by atomic mass is 19.2. The van der Waals surface area contributed by atoms with Crippen LogP contribution in [0.2, 0.25) is 0 Å². The van der Waals surface area contributed by atoms with Crippen molar-refractivity contribution in [1.29, 1.82) is 0 Å². The van der Waals surface area contributed by atoms with E-state index in [1.807, 2.05) is 20.8 Å². The molecule has 2 unspecified atom stereocenters. The maximum absolute atomic E-state index is 13.9. The van der Waals surface area contributed by atoms with Gasteiger partial charge >= 0.3 is 0 Å². The molecule has 0 spiro atoms. The molecule has 2 atom stereocenters. The fraction of sp³-hybridized carbons (Fsp3) is 0.571. The van der Waals surface area contributed by atoms with E-state index in [1.54, 1.807) is 13.2 Å². The number of likely N-dealkylation sites (N-methyl/N-ethyl adjacent to an activating group) is 1. The van der Waals surface area contributed by atoms with Crippen LogP contribution in [-0.2, 0) is 4.74 Å². The van der Waals surface area contributed by atoms with Crippen molar-refractivity contribution in [3.8, 4) is 0 Å². The molecular weight excluding hydrogens is 236 g/mol. The van der Waals surface area contributed by atoms with Crippen molar-refractivity contribution >= 4 is 0 Å². The van der Waals surface area contributed by atoms with Crippen molar-refractivity contribution in [1.82, 2.24) is 5.32 Å². The second-order valence-corrected chi connectivity index (χ2v) is 4.50. The predicted octanol–water partition coefficient (Wildman–Crippen LogP) is 3.43. The standard InChI is InChI=1S/C14H21F2NO/c1-5-14(3,18-4)13(17-6-2)10-8-7-9-11(15)12(10)16/h7-9,13,17H,5-6H2,1-4H3. The Morgan fingerprint density at radius 3 is 2.50 bits per heavy atom. The van der Waals surface area contributed by atoms with Gasteiger partial charge in [0.2, 0.25) is 0 Å². The van der Waals surface area contributed by atoms with Gasteiger partial charge in [0.25, 0.3) is 0 Å². The predicted molar refractivity (Wildman–Crippen MR) is 68.5 cm³/mol. The highest BCUT2D eigenvalue weighted by Gasteiger charge is 2.35. The Balaban J connectivity index is 3.23. The fourth-order valence-corrected chi connectivity index (χ4v) is 2.07. The highest BCUT2D eigenvalue weighted by Crippen LogP contribution is 2.33. The van der Waals surface area contributed by atoms with Crippen LogP contribution in [0.1, 0.15) is 38.8 Å². The van der Waals surface area contributed by atoms with E-state index in [9.17, 15) is 8.78 Å². The molecule has 4 heteroatoms. The van der Waals surface area contributed by atoms with Gasteiger partial charge in [-0.2, -0.15) is 0 Å². The highest BCUT2D eigenvalue weighted by molar-refractivity contribution is 5.25. The first-order chi connectivity index (χ1) is 8.50. The summed E-state index contributed by atoms with van der Waals surface area (Å²) in [4.78, 5) is 0. The Bertz CT molecular complexity index is 391. The third-order valence-electron chi connectivity index (χ3n) is 3.48. The zero-order valence-electron chi connectivity index (χ0n) is 11.4. The van der Waals surface area contributed by atoms with E-state index in [1.165, 1.54) is 6.07 Å². The van der Waals surface area contributed by atoms with Gasteiger partial charge in [-0.15, -0.1) is 0 Å². The lowest BCUT2D eigenvalue weighted by molar-refractivity contribution is -0.0305. The van der Waals surface area contributed by atoms with E-state index in [4.69, 9.17) is 4.74 Å². The number of hydrogen-bond acceptors (Lipinski definition) is 2. The summed E-state index contributed by atoms with van der Waals surface area (Å²) in [7, 11) is 1.59. The van der Waals surface area contributed by atoms with Crippen LogP contribution in [0.3, 0.4) is 0 Å². The maximum Gasteiger partial charge on any atom is 0.163 e. The molecule has 0 aromatic heterocycles. The molecular formula is C14H21F2NO. The molecule has 0 aliphatic rings. The lowest BCUT2D eigenvalue weighted by Crippen LogP contribution is -2.43. The molecule has 18 heavy (non-hydrogen) atoms. The Hall–Kier alpha value is -1.00. The lowest BCUT2D eigenvalue weighted by atomic mass is 9.87. The van der Waals surface area contributed by atoms with Gasteiger partial charge in [-0.3, -0.25) is 0 Å². The van der Waals surface area contributed by atoms with Crippen molar-refractivity contribution < 1.29 is 13.5 Å². The largest absolute Gasteiger partial charge is 0.377 e. The molecule has 0 fully saturated rings. The number of hydrogen-bond donors (Lipinski definition) is 1. The van der Waals surface area contributed by atoms with Crippen LogP contribution in [0.5, 0.6) is 0 Å². The topological polar surface area (TPSA) is 21.3 Å². The van der Waals surface area contributed by atoms with Crippen molar-refractivity contribution in [3.63, 3.8) is 0 Å². The van der Waals surface area contributed by atoms with E-state index in [0.29, 0.717) is 18.5 Å². The molecule has 0 heterocycles. The zero-order valence-corrected chi connectivity index (χ0v) is 11.4. The number of ether oxygens (including phenoxy) is 1. The van der Waals surface area contributed by atoms with Crippen LogP contribution in [0, 0.1) is 11.6 Å². The molecule has 0 aliphatic carbocycles. The maximum atomic E-state index is 13.9. The van der Waals surface area contributed by atoms with E-state index < -0.39 is 17.2 Å². The van der Waals surface area contributed by atoms with Gasteiger partial charge in [-0.05, 0) is 26.0 Å². The van der Waals surface area contributed by atoms with Crippen molar-refractivity contribution in [3.05, 3.63) is 35.4 Å². The molecule has 1 aromatic rings. The summed E-state index contributed by atoms with van der Waals surface area (Å²) in [5.41, 5.74) is -0.270. The second kappa shape index (κ2) is 6.25. The first-order valence-electron chi connectivity index (χ1n) is 6.22. The molecule has 1 aromatic carbocycles. The third kappa shape index (κ3) is 2.87. The van der Waals surface area contributed by atoms with Crippen molar-refractivity contribution in [2.75, 3.05) is 13.7 Å². The molecule has 0 bridgehead atoms. The molecule has 102 valence electrons. The Morgan fingerprint density at radius 2 is 2.00 bits per heavy atom. The minimum absolute atomic E-state index is 0.308. The number of halogens is 2. The Morgan fingerprint density at radius 1 is 1.33 bits per heavy atom. The summed E-state index contributed by atoms with van der Waals surface area (Å²) in [5.74, 6) is -1.63. The molecule has 0 amide bonds. The van der Waals surface area contributed by atoms with Crippen LogP contribution in [-0.4, -0.2) is 19.3 Å². The van der Waals surface area contributed by atoms with Gasteiger partial charge < -0.3 is 10.1 Å². The summed E-state index contributed by atoms with van der Waals surface area (Å²) in [6.07, 6.45) is 0.692. The summed E-state index contributed by atoms with van der Waals surface area (Å²) in [6, 6.07) is 3.86. The first-order valence-corrected chi connectivity index (χ1v) is 6.22. The molecule has 0 aliphatic heterocycles. The molecule has 1 N–H and O–H groups in total. The summed E-state index contributed by atoms with van der Waals surface area (Å²) < 4.78 is 32.7. The number of nitrogens with one attached hydrogen (secondary N) is 1. The minimum Gasteiger partial charge on any atom is -0.377 e. The third-order valence-corrected chi connectivity index (χ3v) is 3.48. The summed E-state index contributed by atoms with van der Waals surface area (Å²) >= 11 is 0. The smallest absolute Gasteiger partial charge is 0.163 e. The molecule has 0 radical (unpaired) electrons. The van der Waals surface area contributed by atoms with E-state index in [2.05, 4.69) is 5.32 Å². The monoisotopic (exact) mass is 257 g/mol. The minimum atomic E-state index is -0.829. The van der Waals surface area contributed by atoms with Crippen LogP contribution in [0.15, 0.2) is 18.2 Å². The van der Waals surface area contributed by atoms with Crippen molar-refractivity contribution in [2.45, 2.75) is 38.8 Å². The molecule has 1 rings (SSSR count). The second-order valence-electron chi connectivity index (χ2n) is 4.50. The van der Waals surface area contributed by atoms with Crippen LogP contribution < -0.4 is 5.32 Å². The van der Waals surface area contributed by atoms with Gasteiger partial charge in [-0.25, -0.2) is 8.78 Å². The first kappa shape index (κ1) is 15.1. The quantitative estimate of drug-likeness (QED) is 0.843. The normalized spacial score (nSPS) is 16.3. The fourth-order valence-electron chi connectivity index (χ4n) is 2.07. The number of benzene rings is 1. The SMILES string of the molecule is CCNC(c1cccc(F)c1F)C(C)(CC)OC. The average Bonchev–Trinajstić information content (AvgIpc) is 2.39. The van der Waals surface area contributed by atoms with Crippen LogP contribution in [0.4, 0.5) is 8.78 Å². The van der Waals surface area contributed by atoms with E-state index in [0.717, 1.165) is 6.07 Å². The lowest BCUT2D eigenvalue weighted by Gasteiger charge is -2.36. The van der Waals surface area contributed by atoms with Crippen LogP contribution >= 0.6 is 0 Å². The summed E-state index contributed by atoms with van der Waals surface area (Å²) in [5, 5.41) is 3.18. The van der Waals surface area contributed by atoms with Crippen LogP contribution in [0.25, 0.3) is 0 Å². The molecule has 0 saturated carbocycles. The zero-order chi connectivity index (χ0) is 13.8. The van der Waals surface area contributed by atoms with Gasteiger partial charge in [0.05, 0.1) is 11.6 Å². The van der Waals surface area contributed by atoms with E-state index >= 15 is 0 Å². The molecule has 2 nitrogen and oxygen atoms in total. The van der Waals surface area contributed by atoms with E-state index in [-0.39, 0.29) is 6.04 Å². The van der Waals surface area contributed by atoms with Gasteiger partial charge in [0.15, 0.2) is 11.6 Å².